The van der Waals surface area contributed by atoms with Crippen molar-refractivity contribution in [2.75, 3.05) is 0 Å². The zero-order valence-corrected chi connectivity index (χ0v) is 16.7. The highest BCUT2D eigenvalue weighted by Gasteiger charge is 2.28. The largest absolute Gasteiger partial charge is 0.364 e. The van der Waals surface area contributed by atoms with Crippen LogP contribution >= 0.6 is 0 Å². The summed E-state index contributed by atoms with van der Waals surface area (Å²) in [6, 6.07) is 15.8. The number of benzene rings is 2. The first-order valence-electron chi connectivity index (χ1n) is 10.4. The summed E-state index contributed by atoms with van der Waals surface area (Å²) in [5, 5.41) is 3.70. The number of ketones is 2. The Morgan fingerprint density at radius 2 is 1.80 bits per heavy atom. The van der Waals surface area contributed by atoms with Crippen molar-refractivity contribution in [2.24, 2.45) is 11.8 Å². The summed E-state index contributed by atoms with van der Waals surface area (Å²) >= 11 is 0. The zero-order valence-electron chi connectivity index (χ0n) is 16.7. The minimum atomic E-state index is -0.264. The summed E-state index contributed by atoms with van der Waals surface area (Å²) in [5.41, 5.74) is 2.62. The van der Waals surface area contributed by atoms with Gasteiger partial charge in [-0.05, 0) is 48.8 Å². The van der Waals surface area contributed by atoms with E-state index in [1.54, 1.807) is 18.2 Å². The van der Waals surface area contributed by atoms with Crippen molar-refractivity contribution in [2.45, 2.75) is 38.5 Å². The summed E-state index contributed by atoms with van der Waals surface area (Å²) in [5.74, 6) is 0.285. The highest BCUT2D eigenvalue weighted by molar-refractivity contribution is 5.94. The van der Waals surface area contributed by atoms with Gasteiger partial charge in [-0.15, -0.1) is 0 Å². The van der Waals surface area contributed by atoms with Crippen LogP contribution in [0.5, 0.6) is 0 Å². The molecule has 4 rings (SSSR count). The normalized spacial score (nSPS) is 18.8. The molecule has 1 aliphatic carbocycles. The Morgan fingerprint density at radius 1 is 1.00 bits per heavy atom. The van der Waals surface area contributed by atoms with Gasteiger partial charge in [0.2, 0.25) is 0 Å². The molecule has 0 radical (unpaired) electrons. The van der Waals surface area contributed by atoms with Crippen LogP contribution in [-0.4, -0.2) is 16.7 Å². The molecule has 1 aliphatic rings. The standard InChI is InChI=1S/C25H24FNO3/c26-22-7-2-1-6-21(22)20-5-3-4-18(14-20)16-24(28)19-10-8-17(9-11-19)15-25(29)23-12-13-30-27-23/h1-7,12-14,17,19H,8-11,15-16H2. The number of halogens is 1. The van der Waals surface area contributed by atoms with Gasteiger partial charge in [-0.2, -0.15) is 0 Å². The fourth-order valence-corrected chi connectivity index (χ4v) is 4.30. The second-order valence-electron chi connectivity index (χ2n) is 8.05. The van der Waals surface area contributed by atoms with Crippen LogP contribution in [0, 0.1) is 17.7 Å². The first-order valence-corrected chi connectivity index (χ1v) is 10.4. The number of nitrogens with zero attached hydrogens (tertiary/aromatic N) is 1. The Kier molecular flexibility index (Phi) is 6.17. The number of rotatable bonds is 7. The molecule has 0 N–H and O–H groups in total. The highest BCUT2D eigenvalue weighted by Crippen LogP contribution is 2.33. The summed E-state index contributed by atoms with van der Waals surface area (Å²) in [6.45, 7) is 0. The van der Waals surface area contributed by atoms with E-state index in [0.29, 0.717) is 30.0 Å². The summed E-state index contributed by atoms with van der Waals surface area (Å²) in [4.78, 5) is 25.0. The SMILES string of the molecule is O=C(CC1CCC(C(=O)Cc2cccc(-c3ccccc3F)c2)CC1)c1ccon1. The van der Waals surface area contributed by atoms with Crippen molar-refractivity contribution in [3.05, 3.63) is 77.9 Å². The van der Waals surface area contributed by atoms with E-state index in [1.807, 2.05) is 30.3 Å². The maximum Gasteiger partial charge on any atom is 0.184 e. The van der Waals surface area contributed by atoms with Gasteiger partial charge in [-0.3, -0.25) is 9.59 Å². The molecule has 0 aliphatic heterocycles. The van der Waals surface area contributed by atoms with Gasteiger partial charge in [0.1, 0.15) is 23.6 Å². The predicted octanol–water partition coefficient (Wildman–Crippen LogP) is 5.67. The second kappa shape index (κ2) is 9.16. The van der Waals surface area contributed by atoms with E-state index in [-0.39, 0.29) is 23.3 Å². The van der Waals surface area contributed by atoms with Crippen LogP contribution < -0.4 is 0 Å². The molecule has 0 bridgehead atoms. The van der Waals surface area contributed by atoms with Crippen molar-refractivity contribution in [3.8, 4) is 11.1 Å². The molecule has 0 atom stereocenters. The van der Waals surface area contributed by atoms with Crippen molar-refractivity contribution in [1.29, 1.82) is 0 Å². The maximum atomic E-state index is 14.1. The average Bonchev–Trinajstić information content (AvgIpc) is 3.30. The summed E-state index contributed by atoms with van der Waals surface area (Å²) < 4.78 is 18.8. The van der Waals surface area contributed by atoms with Crippen LogP contribution in [0.3, 0.4) is 0 Å². The fourth-order valence-electron chi connectivity index (χ4n) is 4.30. The number of Topliss-reactive ketones (excluding diaryl/α,β-unsaturated/α-hetero) is 2. The zero-order chi connectivity index (χ0) is 20.9. The molecule has 5 heteroatoms. The van der Waals surface area contributed by atoms with E-state index < -0.39 is 0 Å². The van der Waals surface area contributed by atoms with Crippen molar-refractivity contribution < 1.29 is 18.5 Å². The molecule has 3 aromatic rings. The smallest absolute Gasteiger partial charge is 0.184 e. The molecule has 4 nitrogen and oxygen atoms in total. The molecule has 1 saturated carbocycles. The molecular formula is C25H24FNO3. The monoisotopic (exact) mass is 405 g/mol. The first-order chi connectivity index (χ1) is 14.6. The van der Waals surface area contributed by atoms with Crippen LogP contribution in [-0.2, 0) is 11.2 Å². The molecule has 30 heavy (non-hydrogen) atoms. The van der Waals surface area contributed by atoms with Crippen LogP contribution in [0.1, 0.15) is 48.2 Å². The van der Waals surface area contributed by atoms with Gasteiger partial charge in [-0.25, -0.2) is 4.39 Å². The molecule has 154 valence electrons. The molecule has 0 saturated heterocycles. The van der Waals surface area contributed by atoms with Crippen molar-refractivity contribution in [3.63, 3.8) is 0 Å². The highest BCUT2D eigenvalue weighted by atomic mass is 19.1. The minimum absolute atomic E-state index is 0.00323. The molecule has 0 amide bonds. The van der Waals surface area contributed by atoms with E-state index in [4.69, 9.17) is 4.52 Å². The fraction of sp³-hybridized carbons (Fsp3) is 0.320. The maximum absolute atomic E-state index is 14.1. The van der Waals surface area contributed by atoms with Gasteiger partial charge in [-0.1, -0.05) is 47.6 Å². The van der Waals surface area contributed by atoms with Gasteiger partial charge in [0.15, 0.2) is 5.78 Å². The van der Waals surface area contributed by atoms with Gasteiger partial charge < -0.3 is 4.52 Å². The van der Waals surface area contributed by atoms with Gasteiger partial charge in [0, 0.05) is 30.4 Å². The van der Waals surface area contributed by atoms with E-state index in [2.05, 4.69) is 5.16 Å². The Morgan fingerprint density at radius 3 is 2.53 bits per heavy atom. The van der Waals surface area contributed by atoms with E-state index in [0.717, 1.165) is 36.8 Å². The average molecular weight is 405 g/mol. The van der Waals surface area contributed by atoms with E-state index >= 15 is 0 Å². The van der Waals surface area contributed by atoms with E-state index in [1.165, 1.54) is 12.3 Å². The quantitative estimate of drug-likeness (QED) is 0.475. The second-order valence-corrected chi connectivity index (χ2v) is 8.05. The third-order valence-corrected chi connectivity index (χ3v) is 5.99. The van der Waals surface area contributed by atoms with Crippen LogP contribution in [0.4, 0.5) is 4.39 Å². The Hall–Kier alpha value is -3.08. The van der Waals surface area contributed by atoms with Crippen LogP contribution in [0.15, 0.2) is 65.4 Å². The van der Waals surface area contributed by atoms with Crippen molar-refractivity contribution >= 4 is 11.6 Å². The Labute approximate surface area is 175 Å². The number of carbonyl (C=O) groups is 2. The van der Waals surface area contributed by atoms with E-state index in [9.17, 15) is 14.0 Å². The summed E-state index contributed by atoms with van der Waals surface area (Å²) in [6.07, 6.45) is 5.58. The van der Waals surface area contributed by atoms with Gasteiger partial charge in [0.05, 0.1) is 0 Å². The third-order valence-electron chi connectivity index (χ3n) is 5.99. The molecule has 1 aromatic heterocycles. The molecular weight excluding hydrogens is 381 g/mol. The summed E-state index contributed by atoms with van der Waals surface area (Å²) in [7, 11) is 0. The van der Waals surface area contributed by atoms with Gasteiger partial charge in [0.25, 0.3) is 0 Å². The molecule has 1 fully saturated rings. The topological polar surface area (TPSA) is 60.2 Å². The number of aromatic nitrogens is 1. The molecule has 1 heterocycles. The lowest BCUT2D eigenvalue weighted by Crippen LogP contribution is -2.24. The molecule has 0 unspecified atom stereocenters. The molecule has 2 aromatic carbocycles. The molecule has 0 spiro atoms. The minimum Gasteiger partial charge on any atom is -0.364 e. The first kappa shape index (κ1) is 20.2. The lowest BCUT2D eigenvalue weighted by molar-refractivity contribution is -0.123. The number of carbonyl (C=O) groups excluding carboxylic acids is 2. The lowest BCUT2D eigenvalue weighted by atomic mass is 9.77. The number of hydrogen-bond acceptors (Lipinski definition) is 4. The van der Waals surface area contributed by atoms with Crippen LogP contribution in [0.25, 0.3) is 11.1 Å². The number of hydrogen-bond donors (Lipinski definition) is 0. The van der Waals surface area contributed by atoms with Gasteiger partial charge >= 0.3 is 0 Å². The lowest BCUT2D eigenvalue weighted by Gasteiger charge is -2.27. The van der Waals surface area contributed by atoms with Crippen molar-refractivity contribution in [1.82, 2.24) is 5.16 Å². The Bertz CT molecular complexity index is 1020. The predicted molar refractivity (Wildman–Crippen MR) is 111 cm³/mol. The Balaban J connectivity index is 1.33. The van der Waals surface area contributed by atoms with Crippen LogP contribution in [0.2, 0.25) is 0 Å². The third kappa shape index (κ3) is 4.73.